The van der Waals surface area contributed by atoms with E-state index in [1.165, 1.54) is 0 Å². The molecule has 0 aliphatic heterocycles. The van der Waals surface area contributed by atoms with E-state index in [2.05, 4.69) is 5.32 Å². The molecule has 19 heavy (non-hydrogen) atoms. The van der Waals surface area contributed by atoms with Gasteiger partial charge in [0.15, 0.2) is 0 Å². The molecule has 0 heterocycles. The van der Waals surface area contributed by atoms with Crippen LogP contribution >= 0.6 is 34.8 Å². The van der Waals surface area contributed by atoms with Gasteiger partial charge in [-0.3, -0.25) is 0 Å². The molecule has 2 aromatic rings. The number of rotatable bonds is 4. The van der Waals surface area contributed by atoms with Crippen LogP contribution in [0.2, 0.25) is 15.1 Å². The molecule has 0 amide bonds. The second kappa shape index (κ2) is 6.49. The topological polar surface area (TPSA) is 38.0 Å². The van der Waals surface area contributed by atoms with Crippen molar-refractivity contribution >= 4 is 40.5 Å². The van der Waals surface area contributed by atoms with Crippen LogP contribution in [0.15, 0.2) is 42.5 Å². The molecule has 0 aliphatic carbocycles. The number of anilines is 1. The van der Waals surface area contributed by atoms with Gasteiger partial charge < -0.3 is 11.1 Å². The molecule has 0 aromatic heterocycles. The molecule has 2 nitrogen and oxygen atoms in total. The SMILES string of the molecule is NCC(Nc1ccc(Cl)cc1)c1c(Cl)cccc1Cl. The second-order valence-corrected chi connectivity index (χ2v) is 5.33. The van der Waals surface area contributed by atoms with Crippen LogP contribution in [0.4, 0.5) is 5.69 Å². The van der Waals surface area contributed by atoms with Crippen LogP contribution in [0.1, 0.15) is 11.6 Å². The lowest BCUT2D eigenvalue weighted by Crippen LogP contribution is -2.21. The zero-order chi connectivity index (χ0) is 13.8. The first-order valence-corrected chi connectivity index (χ1v) is 6.91. The number of nitrogens with one attached hydrogen (secondary N) is 1. The van der Waals surface area contributed by atoms with E-state index in [-0.39, 0.29) is 6.04 Å². The zero-order valence-electron chi connectivity index (χ0n) is 10.0. The Hall–Kier alpha value is -0.930. The summed E-state index contributed by atoms with van der Waals surface area (Å²) in [5.74, 6) is 0. The molecule has 5 heteroatoms. The summed E-state index contributed by atoms with van der Waals surface area (Å²) >= 11 is 18.2. The van der Waals surface area contributed by atoms with Gasteiger partial charge in [0.25, 0.3) is 0 Å². The average Bonchev–Trinajstić information content (AvgIpc) is 2.39. The van der Waals surface area contributed by atoms with Crippen LogP contribution in [0, 0.1) is 0 Å². The molecule has 0 bridgehead atoms. The molecule has 1 unspecified atom stereocenters. The van der Waals surface area contributed by atoms with Crippen LogP contribution in [-0.2, 0) is 0 Å². The Morgan fingerprint density at radius 2 is 1.53 bits per heavy atom. The summed E-state index contributed by atoms with van der Waals surface area (Å²) in [6.45, 7) is 0.381. The lowest BCUT2D eigenvalue weighted by molar-refractivity contribution is 0.790. The Labute approximate surface area is 127 Å². The highest BCUT2D eigenvalue weighted by Crippen LogP contribution is 2.32. The van der Waals surface area contributed by atoms with Crippen molar-refractivity contribution in [1.82, 2.24) is 0 Å². The summed E-state index contributed by atoms with van der Waals surface area (Å²) in [6, 6.07) is 12.7. The van der Waals surface area contributed by atoms with Crippen molar-refractivity contribution in [3.8, 4) is 0 Å². The molecule has 100 valence electrons. The average molecular weight is 316 g/mol. The van der Waals surface area contributed by atoms with Crippen molar-refractivity contribution in [2.24, 2.45) is 5.73 Å². The van der Waals surface area contributed by atoms with Crippen molar-refractivity contribution in [2.45, 2.75) is 6.04 Å². The summed E-state index contributed by atoms with van der Waals surface area (Å²) in [5, 5.41) is 5.19. The van der Waals surface area contributed by atoms with E-state index in [1.807, 2.05) is 30.3 Å². The van der Waals surface area contributed by atoms with Crippen molar-refractivity contribution in [3.63, 3.8) is 0 Å². The molecule has 0 radical (unpaired) electrons. The van der Waals surface area contributed by atoms with E-state index in [1.54, 1.807) is 12.1 Å². The van der Waals surface area contributed by atoms with Crippen LogP contribution in [0.5, 0.6) is 0 Å². The summed E-state index contributed by atoms with van der Waals surface area (Å²) in [6.07, 6.45) is 0. The minimum atomic E-state index is -0.151. The minimum Gasteiger partial charge on any atom is -0.377 e. The summed E-state index contributed by atoms with van der Waals surface area (Å²) in [5.41, 5.74) is 7.54. The molecule has 0 fully saturated rings. The monoisotopic (exact) mass is 314 g/mol. The Balaban J connectivity index is 2.27. The maximum atomic E-state index is 6.19. The van der Waals surface area contributed by atoms with Crippen LogP contribution in [-0.4, -0.2) is 6.54 Å². The lowest BCUT2D eigenvalue weighted by atomic mass is 10.1. The van der Waals surface area contributed by atoms with Gasteiger partial charge in [-0.15, -0.1) is 0 Å². The van der Waals surface area contributed by atoms with E-state index in [0.717, 1.165) is 11.3 Å². The highest BCUT2D eigenvalue weighted by atomic mass is 35.5. The first-order chi connectivity index (χ1) is 9.11. The number of hydrogen-bond donors (Lipinski definition) is 2. The largest absolute Gasteiger partial charge is 0.377 e. The zero-order valence-corrected chi connectivity index (χ0v) is 12.3. The van der Waals surface area contributed by atoms with Gasteiger partial charge in [-0.25, -0.2) is 0 Å². The first kappa shape index (κ1) is 14.5. The third-order valence-electron chi connectivity index (χ3n) is 2.77. The van der Waals surface area contributed by atoms with Gasteiger partial charge in [0.2, 0.25) is 0 Å². The Bertz CT molecular complexity index is 535. The van der Waals surface area contributed by atoms with Gasteiger partial charge >= 0.3 is 0 Å². The molecule has 0 saturated carbocycles. The molecule has 2 aromatic carbocycles. The second-order valence-electron chi connectivity index (χ2n) is 4.07. The molecule has 3 N–H and O–H groups in total. The van der Waals surface area contributed by atoms with E-state index < -0.39 is 0 Å². The van der Waals surface area contributed by atoms with Gasteiger partial charge in [-0.1, -0.05) is 40.9 Å². The fourth-order valence-corrected chi connectivity index (χ4v) is 2.63. The standard InChI is InChI=1S/C14H13Cl3N2/c15-9-4-6-10(7-5-9)19-13(8-18)14-11(16)2-1-3-12(14)17/h1-7,13,19H,8,18H2. The number of nitrogens with two attached hydrogens (primary N) is 1. The molecule has 0 spiro atoms. The minimum absolute atomic E-state index is 0.151. The summed E-state index contributed by atoms with van der Waals surface area (Å²) in [7, 11) is 0. The van der Waals surface area contributed by atoms with Crippen molar-refractivity contribution in [2.75, 3.05) is 11.9 Å². The Morgan fingerprint density at radius 3 is 2.05 bits per heavy atom. The van der Waals surface area contributed by atoms with E-state index >= 15 is 0 Å². The van der Waals surface area contributed by atoms with Crippen molar-refractivity contribution < 1.29 is 0 Å². The quantitative estimate of drug-likeness (QED) is 0.853. The van der Waals surface area contributed by atoms with Gasteiger partial charge in [-0.2, -0.15) is 0 Å². The van der Waals surface area contributed by atoms with Crippen molar-refractivity contribution in [1.29, 1.82) is 0 Å². The van der Waals surface area contributed by atoms with Crippen LogP contribution in [0.25, 0.3) is 0 Å². The third kappa shape index (κ3) is 3.54. The number of hydrogen-bond acceptors (Lipinski definition) is 2. The maximum absolute atomic E-state index is 6.19. The molecule has 2 rings (SSSR count). The smallest absolute Gasteiger partial charge is 0.0665 e. The van der Waals surface area contributed by atoms with Crippen molar-refractivity contribution in [3.05, 3.63) is 63.1 Å². The fraction of sp³-hybridized carbons (Fsp3) is 0.143. The van der Waals surface area contributed by atoms with Crippen LogP contribution < -0.4 is 11.1 Å². The van der Waals surface area contributed by atoms with E-state index in [4.69, 9.17) is 40.5 Å². The van der Waals surface area contributed by atoms with E-state index in [0.29, 0.717) is 21.6 Å². The van der Waals surface area contributed by atoms with Gasteiger partial charge in [0.05, 0.1) is 6.04 Å². The van der Waals surface area contributed by atoms with Crippen LogP contribution in [0.3, 0.4) is 0 Å². The lowest BCUT2D eigenvalue weighted by Gasteiger charge is -2.21. The third-order valence-corrected chi connectivity index (χ3v) is 3.68. The summed E-state index contributed by atoms with van der Waals surface area (Å²) in [4.78, 5) is 0. The molecular weight excluding hydrogens is 303 g/mol. The molecule has 1 atom stereocenters. The van der Waals surface area contributed by atoms with Gasteiger partial charge in [0, 0.05) is 32.9 Å². The van der Waals surface area contributed by atoms with E-state index in [9.17, 15) is 0 Å². The normalized spacial score (nSPS) is 12.2. The number of halogens is 3. The molecule has 0 aliphatic rings. The van der Waals surface area contributed by atoms with Gasteiger partial charge in [0.1, 0.15) is 0 Å². The Morgan fingerprint density at radius 1 is 0.947 bits per heavy atom. The molecular formula is C14H13Cl3N2. The number of benzene rings is 2. The predicted molar refractivity (Wildman–Crippen MR) is 83.3 cm³/mol. The highest BCUT2D eigenvalue weighted by molar-refractivity contribution is 6.36. The van der Waals surface area contributed by atoms with Gasteiger partial charge in [-0.05, 0) is 36.4 Å². The molecule has 0 saturated heterocycles. The first-order valence-electron chi connectivity index (χ1n) is 5.78. The predicted octanol–water partition coefficient (Wildman–Crippen LogP) is 4.76. The Kier molecular flexibility index (Phi) is 4.94. The highest BCUT2D eigenvalue weighted by Gasteiger charge is 2.16. The summed E-state index contributed by atoms with van der Waals surface area (Å²) < 4.78 is 0. The fourth-order valence-electron chi connectivity index (χ4n) is 1.84. The maximum Gasteiger partial charge on any atom is 0.0665 e.